The summed E-state index contributed by atoms with van der Waals surface area (Å²) in [5.74, 6) is -2.61. The first-order valence-corrected chi connectivity index (χ1v) is 29.1. The van der Waals surface area contributed by atoms with Crippen LogP contribution in [0.1, 0.15) is 143 Å². The van der Waals surface area contributed by atoms with Crippen molar-refractivity contribution in [1.29, 1.82) is 0 Å². The van der Waals surface area contributed by atoms with Gasteiger partial charge in [-0.15, -0.1) is 0 Å². The van der Waals surface area contributed by atoms with Gasteiger partial charge in [-0.25, -0.2) is 0 Å². The molecule has 10 bridgehead atoms. The average molecular weight is 1040 g/mol. The van der Waals surface area contributed by atoms with E-state index < -0.39 is 60.1 Å². The van der Waals surface area contributed by atoms with Crippen molar-refractivity contribution in [3.63, 3.8) is 0 Å². The van der Waals surface area contributed by atoms with Gasteiger partial charge >= 0.3 is 5.97 Å². The van der Waals surface area contributed by atoms with Crippen LogP contribution in [-0.2, 0) is 71.1 Å². The molecular formula is C57H82O17. The molecular weight excluding hydrogens is 957 g/mol. The predicted molar refractivity (Wildman–Crippen MR) is 259 cm³/mol. The molecule has 0 amide bonds. The van der Waals surface area contributed by atoms with Gasteiger partial charge in [0, 0.05) is 70.1 Å². The van der Waals surface area contributed by atoms with Crippen LogP contribution in [0.2, 0.25) is 0 Å². The number of carbonyl (C=O) groups is 1. The van der Waals surface area contributed by atoms with E-state index in [0.717, 1.165) is 43.3 Å². The summed E-state index contributed by atoms with van der Waals surface area (Å²) >= 11 is 0. The number of carbonyl (C=O) groups excluding carboxylic acids is 1. The quantitative estimate of drug-likeness (QED) is 0.219. The SMILES string of the molecule is C=C1C[C@@H]2CC[C@]34C[C@@H](O)C(O3)[C@H]3CC(O4)[C@H]4O[C@H](CC[C@@H]4O3)CC(=O)O[C@@H]3[C@@H](C)[C@@H]4O[C@@H]5C[C@]6(C[C@@H]7O[C@]8(C[C@H](C)[C@@H]9OC[C@H](O)C[C@@H]9O8)C[C@H](C)[C@@H]7O6)O[C@@H]5C[C@@H]4O[C@H]3C[C@H]3O[C@@H](CC[C@@H]1O2)C[C@@H](C)C3=C. The molecule has 14 heterocycles. The van der Waals surface area contributed by atoms with Crippen molar-refractivity contribution >= 4 is 5.97 Å². The number of esters is 1. The first-order valence-electron chi connectivity index (χ1n) is 29.1. The van der Waals surface area contributed by atoms with Gasteiger partial charge < -0.3 is 76.5 Å². The summed E-state index contributed by atoms with van der Waals surface area (Å²) in [5, 5.41) is 21.8. The van der Waals surface area contributed by atoms with Gasteiger partial charge in [-0.05, 0) is 73.8 Å². The van der Waals surface area contributed by atoms with Crippen LogP contribution in [0.4, 0.5) is 0 Å². The van der Waals surface area contributed by atoms with Crippen LogP contribution in [0, 0.1) is 23.7 Å². The summed E-state index contributed by atoms with van der Waals surface area (Å²) in [4.78, 5) is 14.5. The van der Waals surface area contributed by atoms with Crippen LogP contribution in [0.25, 0.3) is 0 Å². The summed E-state index contributed by atoms with van der Waals surface area (Å²) in [6.07, 6.45) is 4.18. The minimum absolute atomic E-state index is 0.0216. The zero-order chi connectivity index (χ0) is 50.6. The molecule has 0 aliphatic carbocycles. The van der Waals surface area contributed by atoms with Gasteiger partial charge in [-0.2, -0.15) is 0 Å². The summed E-state index contributed by atoms with van der Waals surface area (Å²) < 4.78 is 95.7. The molecule has 74 heavy (non-hydrogen) atoms. The molecule has 14 aliphatic rings. The topological polar surface area (TPSA) is 187 Å². The maximum atomic E-state index is 14.5. The van der Waals surface area contributed by atoms with Gasteiger partial charge in [0.25, 0.3) is 0 Å². The highest BCUT2D eigenvalue weighted by Gasteiger charge is 2.66. The lowest BCUT2D eigenvalue weighted by Gasteiger charge is -2.53. The minimum atomic E-state index is -0.986. The van der Waals surface area contributed by atoms with Crippen LogP contribution in [0.15, 0.2) is 24.3 Å². The third kappa shape index (κ3) is 8.96. The van der Waals surface area contributed by atoms with E-state index in [2.05, 4.69) is 40.9 Å². The van der Waals surface area contributed by atoms with E-state index in [1.807, 2.05) is 0 Å². The van der Waals surface area contributed by atoms with Crippen LogP contribution < -0.4 is 0 Å². The van der Waals surface area contributed by atoms with E-state index in [9.17, 15) is 15.0 Å². The van der Waals surface area contributed by atoms with Crippen LogP contribution in [0.3, 0.4) is 0 Å². The molecule has 14 aliphatic heterocycles. The van der Waals surface area contributed by atoms with Crippen molar-refractivity contribution in [2.45, 2.75) is 295 Å². The number of aliphatic hydroxyl groups excluding tert-OH is 2. The number of rotatable bonds is 0. The first-order chi connectivity index (χ1) is 35.6. The molecule has 3 spiro atoms. The number of ether oxygens (including phenoxy) is 14. The van der Waals surface area contributed by atoms with Crippen LogP contribution in [0.5, 0.6) is 0 Å². The molecule has 29 atom stereocenters. The Morgan fingerprint density at radius 1 is 0.486 bits per heavy atom. The highest BCUT2D eigenvalue weighted by atomic mass is 16.8. The number of aliphatic hydroxyl groups is 2. The molecule has 2 unspecified atom stereocenters. The summed E-state index contributed by atoms with van der Waals surface area (Å²) in [6.45, 7) is 18.2. The van der Waals surface area contributed by atoms with E-state index in [-0.39, 0.29) is 128 Å². The Morgan fingerprint density at radius 2 is 1.15 bits per heavy atom. The standard InChI is InChI=1S/C57H82O17/c1-26-13-33-7-9-37-27(2)14-35(62-37)11-12-55-22-36(59)53(74-55)43-19-45(70-55)54-38(65-43)10-8-34(64-54)16-48(60)68-52-31(6)51-42(66-41(52)17-39(63-33)30(26)5)18-40-46(67-51)23-57(69-40)24-47-50(73-57)29(4)21-56(72-47)20-28(3)49-44(71-56)15-32(58)25-61-49/h26,28-29,31-47,49-54,58-59H,2,5,7-25H2,1,3-4,6H3/t26-,28+,29+,31+,32-,33+,34-,35+,36-,37+,38+,39-,40-,41+,42+,43-,44+,45?,46-,47+,49+,50+,51+,52-,53?,54+,55-,56-,57+/m1/s1. The Hall–Kier alpha value is -1.65. The molecule has 0 aromatic heterocycles. The first kappa shape index (κ1) is 50.6. The smallest absolute Gasteiger partial charge is 0.308 e. The fourth-order valence-corrected chi connectivity index (χ4v) is 17.1. The second-order valence-electron chi connectivity index (χ2n) is 26.0. The lowest BCUT2D eigenvalue weighted by atomic mass is 9.79. The van der Waals surface area contributed by atoms with Crippen molar-refractivity contribution in [1.82, 2.24) is 0 Å². The number of hydrogen-bond donors (Lipinski definition) is 2. The lowest BCUT2D eigenvalue weighted by molar-refractivity contribution is -0.366. The number of fused-ring (bicyclic) bond motifs is 13. The zero-order valence-corrected chi connectivity index (χ0v) is 43.9. The fraction of sp³-hybridized carbons (Fsp3) is 0.912. The number of hydrogen-bond acceptors (Lipinski definition) is 17. The molecule has 17 nitrogen and oxygen atoms in total. The average Bonchev–Trinajstić information content (AvgIpc) is 4.08. The third-order valence-electron chi connectivity index (χ3n) is 20.6. The van der Waals surface area contributed by atoms with Gasteiger partial charge in [0.1, 0.15) is 18.3 Å². The molecule has 0 aromatic rings. The van der Waals surface area contributed by atoms with Gasteiger partial charge in [-0.3, -0.25) is 4.79 Å². The van der Waals surface area contributed by atoms with Crippen molar-refractivity contribution < 1.29 is 81.3 Å². The van der Waals surface area contributed by atoms with Gasteiger partial charge in [0.2, 0.25) is 0 Å². The van der Waals surface area contributed by atoms with Gasteiger partial charge in [0.05, 0.1) is 129 Å². The van der Waals surface area contributed by atoms with E-state index in [0.29, 0.717) is 83.7 Å². The molecule has 2 N–H and O–H groups in total. The van der Waals surface area contributed by atoms with Gasteiger partial charge in [-0.1, -0.05) is 40.9 Å². The van der Waals surface area contributed by atoms with Crippen molar-refractivity contribution in [3.05, 3.63) is 24.3 Å². The second-order valence-corrected chi connectivity index (χ2v) is 26.0. The molecule has 0 saturated carbocycles. The second kappa shape index (κ2) is 19.0. The molecule has 0 radical (unpaired) electrons. The molecule has 0 aromatic carbocycles. The van der Waals surface area contributed by atoms with E-state index in [1.54, 1.807) is 0 Å². The maximum Gasteiger partial charge on any atom is 0.308 e. The monoisotopic (exact) mass is 1040 g/mol. The molecule has 412 valence electrons. The van der Waals surface area contributed by atoms with Crippen molar-refractivity contribution in [3.8, 4) is 0 Å². The van der Waals surface area contributed by atoms with E-state index in [1.165, 1.54) is 0 Å². The third-order valence-corrected chi connectivity index (χ3v) is 20.6. The molecule has 14 fully saturated rings. The zero-order valence-electron chi connectivity index (χ0n) is 43.9. The highest BCUT2D eigenvalue weighted by Crippen LogP contribution is 2.56. The molecule has 14 rings (SSSR count). The van der Waals surface area contributed by atoms with Crippen LogP contribution >= 0.6 is 0 Å². The minimum Gasteiger partial charge on any atom is -0.459 e. The Bertz CT molecular complexity index is 2160. The normalized spacial score (nSPS) is 58.1. The van der Waals surface area contributed by atoms with E-state index >= 15 is 0 Å². The summed E-state index contributed by atoms with van der Waals surface area (Å²) in [5.41, 5.74) is 2.13. The van der Waals surface area contributed by atoms with Crippen molar-refractivity contribution in [2.75, 3.05) is 6.61 Å². The fourth-order valence-electron chi connectivity index (χ4n) is 17.1. The molecule has 17 heteroatoms. The maximum absolute atomic E-state index is 14.5. The molecule has 14 saturated heterocycles. The summed E-state index contributed by atoms with van der Waals surface area (Å²) in [6, 6.07) is 0. The van der Waals surface area contributed by atoms with E-state index in [4.69, 9.17) is 66.3 Å². The Balaban J connectivity index is 0.702. The van der Waals surface area contributed by atoms with Gasteiger partial charge in [0.15, 0.2) is 17.4 Å². The predicted octanol–water partition coefficient (Wildman–Crippen LogP) is 5.80. The Kier molecular flexibility index (Phi) is 13.0. The Morgan fingerprint density at radius 3 is 2.01 bits per heavy atom. The summed E-state index contributed by atoms with van der Waals surface area (Å²) in [7, 11) is 0. The lowest BCUT2D eigenvalue weighted by Crippen LogP contribution is -2.61. The van der Waals surface area contributed by atoms with Crippen LogP contribution in [-0.4, -0.2) is 174 Å². The van der Waals surface area contributed by atoms with Crippen molar-refractivity contribution in [2.24, 2.45) is 23.7 Å². The Labute approximate surface area is 435 Å². The largest absolute Gasteiger partial charge is 0.459 e. The highest BCUT2D eigenvalue weighted by molar-refractivity contribution is 5.70.